The first-order valence-electron chi connectivity index (χ1n) is 4.14. The average Bonchev–Trinajstić information content (AvgIpc) is 2.03. The van der Waals surface area contributed by atoms with Crippen LogP contribution in [0, 0.1) is 5.41 Å². The molecule has 0 radical (unpaired) electrons. The van der Waals surface area contributed by atoms with Gasteiger partial charge in [-0.1, -0.05) is 26.0 Å². The van der Waals surface area contributed by atoms with E-state index in [1.165, 1.54) is 0 Å². The Morgan fingerprint density at radius 2 is 2.23 bits per heavy atom. The van der Waals surface area contributed by atoms with Crippen LogP contribution in [-0.4, -0.2) is 24.3 Å². The summed E-state index contributed by atoms with van der Waals surface area (Å²) < 4.78 is 5.20. The summed E-state index contributed by atoms with van der Waals surface area (Å²) in [7, 11) is 1.58. The lowest BCUT2D eigenvalue weighted by molar-refractivity contribution is -0.132. The van der Waals surface area contributed by atoms with Gasteiger partial charge in [0.25, 0.3) is 0 Å². The number of hydrogen-bond donors (Lipinski definition) is 1. The molecule has 0 aliphatic heterocycles. The minimum Gasteiger partial charge on any atom is -0.478 e. The number of ether oxygens (including phenoxy) is 1. The van der Waals surface area contributed by atoms with E-state index < -0.39 is 5.97 Å². The van der Waals surface area contributed by atoms with E-state index in [0.717, 1.165) is 0 Å². The molecule has 0 heterocycles. The van der Waals surface area contributed by atoms with Crippen LogP contribution in [0.4, 0.5) is 0 Å². The zero-order valence-electron chi connectivity index (χ0n) is 8.07. The van der Waals surface area contributed by atoms with Gasteiger partial charge in [-0.2, -0.15) is 0 Å². The van der Waals surface area contributed by atoms with Crippen LogP contribution in [0.3, 0.4) is 0 Å². The number of methoxy groups -OCH3 is 1. The van der Waals surface area contributed by atoms with Crippen LogP contribution in [0.15, 0.2) is 23.8 Å². The molecule has 1 aliphatic carbocycles. The van der Waals surface area contributed by atoms with Gasteiger partial charge in [0.05, 0.1) is 11.7 Å². The fourth-order valence-electron chi connectivity index (χ4n) is 1.35. The second kappa shape index (κ2) is 3.34. The molecule has 0 spiro atoms. The molecule has 13 heavy (non-hydrogen) atoms. The number of carboxylic acids is 1. The summed E-state index contributed by atoms with van der Waals surface area (Å²) >= 11 is 0. The Labute approximate surface area is 77.7 Å². The molecule has 0 saturated carbocycles. The first kappa shape index (κ1) is 9.99. The van der Waals surface area contributed by atoms with Crippen molar-refractivity contribution in [3.63, 3.8) is 0 Å². The van der Waals surface area contributed by atoms with Crippen molar-refractivity contribution in [1.82, 2.24) is 0 Å². The Balaban J connectivity index is 2.93. The summed E-state index contributed by atoms with van der Waals surface area (Å²) in [6, 6.07) is 0. The smallest absolute Gasteiger partial charge is 0.335 e. The van der Waals surface area contributed by atoms with Gasteiger partial charge in [-0.25, -0.2) is 4.79 Å². The van der Waals surface area contributed by atoms with Crippen LogP contribution >= 0.6 is 0 Å². The molecule has 0 saturated heterocycles. The van der Waals surface area contributed by atoms with Crippen molar-refractivity contribution in [2.75, 3.05) is 7.11 Å². The van der Waals surface area contributed by atoms with Crippen molar-refractivity contribution < 1.29 is 14.6 Å². The lowest BCUT2D eigenvalue weighted by Crippen LogP contribution is -2.30. The highest BCUT2D eigenvalue weighted by Gasteiger charge is 2.29. The molecule has 1 unspecified atom stereocenters. The third-order valence-corrected chi connectivity index (χ3v) is 2.26. The van der Waals surface area contributed by atoms with Crippen molar-refractivity contribution in [2.45, 2.75) is 20.0 Å². The van der Waals surface area contributed by atoms with E-state index in [1.54, 1.807) is 19.3 Å². The van der Waals surface area contributed by atoms with Crippen LogP contribution in [0.25, 0.3) is 0 Å². The minimum atomic E-state index is -0.909. The third-order valence-electron chi connectivity index (χ3n) is 2.26. The number of carbonyl (C=O) groups is 1. The highest BCUT2D eigenvalue weighted by Crippen LogP contribution is 2.30. The molecule has 1 rings (SSSR count). The van der Waals surface area contributed by atoms with Gasteiger partial charge in [-0.3, -0.25) is 0 Å². The van der Waals surface area contributed by atoms with Crippen LogP contribution in [-0.2, 0) is 9.53 Å². The zero-order chi connectivity index (χ0) is 10.1. The first-order valence-corrected chi connectivity index (χ1v) is 4.14. The molecule has 0 aromatic heterocycles. The van der Waals surface area contributed by atoms with Crippen molar-refractivity contribution in [1.29, 1.82) is 0 Å². The lowest BCUT2D eigenvalue weighted by atomic mass is 9.81. The molecular weight excluding hydrogens is 168 g/mol. The van der Waals surface area contributed by atoms with Gasteiger partial charge in [0, 0.05) is 12.5 Å². The maximum Gasteiger partial charge on any atom is 0.335 e. The Morgan fingerprint density at radius 1 is 1.62 bits per heavy atom. The monoisotopic (exact) mass is 182 g/mol. The van der Waals surface area contributed by atoms with E-state index in [2.05, 4.69) is 0 Å². The lowest BCUT2D eigenvalue weighted by Gasteiger charge is -2.30. The summed E-state index contributed by atoms with van der Waals surface area (Å²) in [5.74, 6) is -0.909. The average molecular weight is 182 g/mol. The van der Waals surface area contributed by atoms with Crippen LogP contribution < -0.4 is 0 Å². The molecule has 0 aromatic rings. The van der Waals surface area contributed by atoms with Gasteiger partial charge >= 0.3 is 5.97 Å². The maximum absolute atomic E-state index is 10.7. The largest absolute Gasteiger partial charge is 0.478 e. The zero-order valence-corrected chi connectivity index (χ0v) is 8.07. The molecule has 0 amide bonds. The van der Waals surface area contributed by atoms with Crippen LogP contribution in [0.1, 0.15) is 13.8 Å². The minimum absolute atomic E-state index is 0.131. The molecule has 1 aliphatic rings. The van der Waals surface area contributed by atoms with Crippen LogP contribution in [0.5, 0.6) is 0 Å². The maximum atomic E-state index is 10.7. The molecular formula is C10H14O3. The van der Waals surface area contributed by atoms with E-state index in [4.69, 9.17) is 9.84 Å². The molecule has 0 fully saturated rings. The Bertz CT molecular complexity index is 274. The Morgan fingerprint density at radius 3 is 2.69 bits per heavy atom. The summed E-state index contributed by atoms with van der Waals surface area (Å²) in [6.45, 7) is 4.01. The number of hydrogen-bond acceptors (Lipinski definition) is 2. The predicted octanol–water partition coefficient (Wildman–Crippen LogP) is 1.61. The molecule has 0 bridgehead atoms. The highest BCUT2D eigenvalue weighted by molar-refractivity contribution is 5.90. The fourth-order valence-corrected chi connectivity index (χ4v) is 1.35. The number of aliphatic carboxylic acids is 1. The van der Waals surface area contributed by atoms with Gasteiger partial charge in [-0.05, 0) is 6.08 Å². The number of rotatable bonds is 2. The summed E-state index contributed by atoms with van der Waals surface area (Å²) in [6.07, 6.45) is 4.97. The standard InChI is InChI=1S/C10H14O3/c1-10(2)5-4-7(9(11)12)6-8(10)13-3/h4-6,8H,1-3H3,(H,11,12). The molecule has 3 heteroatoms. The van der Waals surface area contributed by atoms with Gasteiger partial charge in [0.1, 0.15) is 0 Å². The van der Waals surface area contributed by atoms with Crippen molar-refractivity contribution in [3.05, 3.63) is 23.8 Å². The van der Waals surface area contributed by atoms with Crippen molar-refractivity contribution in [2.24, 2.45) is 5.41 Å². The summed E-state index contributed by atoms with van der Waals surface area (Å²) in [5.41, 5.74) is 0.166. The first-order chi connectivity index (χ1) is 5.97. The van der Waals surface area contributed by atoms with Crippen molar-refractivity contribution >= 4 is 5.97 Å². The van der Waals surface area contributed by atoms with Gasteiger partial charge in [-0.15, -0.1) is 0 Å². The molecule has 1 atom stereocenters. The van der Waals surface area contributed by atoms with E-state index in [1.807, 2.05) is 19.9 Å². The molecule has 0 aromatic carbocycles. The highest BCUT2D eigenvalue weighted by atomic mass is 16.5. The van der Waals surface area contributed by atoms with E-state index in [-0.39, 0.29) is 11.5 Å². The van der Waals surface area contributed by atoms with Gasteiger partial charge in [0.2, 0.25) is 0 Å². The van der Waals surface area contributed by atoms with E-state index >= 15 is 0 Å². The SMILES string of the molecule is COC1C=C(C(=O)O)C=CC1(C)C. The Hall–Kier alpha value is -1.09. The van der Waals surface area contributed by atoms with Crippen LogP contribution in [0.2, 0.25) is 0 Å². The van der Waals surface area contributed by atoms with Gasteiger partial charge in [0.15, 0.2) is 0 Å². The van der Waals surface area contributed by atoms with E-state index in [9.17, 15) is 4.79 Å². The fraction of sp³-hybridized carbons (Fsp3) is 0.500. The molecule has 3 nitrogen and oxygen atoms in total. The van der Waals surface area contributed by atoms with E-state index in [0.29, 0.717) is 5.57 Å². The summed E-state index contributed by atoms with van der Waals surface area (Å²) in [5, 5.41) is 8.75. The van der Waals surface area contributed by atoms with Crippen molar-refractivity contribution in [3.8, 4) is 0 Å². The predicted molar refractivity (Wildman–Crippen MR) is 49.4 cm³/mol. The normalized spacial score (nSPS) is 25.5. The summed E-state index contributed by atoms with van der Waals surface area (Å²) in [4.78, 5) is 10.7. The molecule has 1 N–H and O–H groups in total. The Kier molecular flexibility index (Phi) is 2.57. The molecule has 72 valence electrons. The third kappa shape index (κ3) is 1.98. The quantitative estimate of drug-likeness (QED) is 0.705. The van der Waals surface area contributed by atoms with Gasteiger partial charge < -0.3 is 9.84 Å². The second-order valence-electron chi connectivity index (χ2n) is 3.74. The topological polar surface area (TPSA) is 46.5 Å². The second-order valence-corrected chi connectivity index (χ2v) is 3.74. The number of carboxylic acid groups (broad SMARTS) is 1.